The van der Waals surface area contributed by atoms with Gasteiger partial charge in [-0.05, 0) is 6.92 Å². The third-order valence-electron chi connectivity index (χ3n) is 2.65. The van der Waals surface area contributed by atoms with E-state index in [2.05, 4.69) is 19.9 Å². The molecule has 0 amide bonds. The Hall–Kier alpha value is -1.82. The number of hydrogen-bond acceptors (Lipinski definition) is 4. The van der Waals surface area contributed by atoms with E-state index in [1.54, 1.807) is 13.3 Å². The molecule has 0 radical (unpaired) electrons. The summed E-state index contributed by atoms with van der Waals surface area (Å²) in [6.45, 7) is 5.18. The summed E-state index contributed by atoms with van der Waals surface area (Å²) in [7, 11) is 1.70. The average molecular weight is 249 g/mol. The Morgan fingerprint density at radius 2 is 2.28 bits per heavy atom. The van der Waals surface area contributed by atoms with Crippen LogP contribution < -0.4 is 5.32 Å². The van der Waals surface area contributed by atoms with E-state index in [0.29, 0.717) is 6.61 Å². The van der Waals surface area contributed by atoms with Gasteiger partial charge in [0.15, 0.2) is 0 Å². The second kappa shape index (κ2) is 6.20. The third-order valence-corrected chi connectivity index (χ3v) is 2.65. The zero-order chi connectivity index (χ0) is 12.8. The lowest BCUT2D eigenvalue weighted by Crippen LogP contribution is -2.14. The molecule has 18 heavy (non-hydrogen) atoms. The summed E-state index contributed by atoms with van der Waals surface area (Å²) in [6.07, 6.45) is 7.57. The van der Waals surface area contributed by atoms with Crippen molar-refractivity contribution in [1.29, 1.82) is 0 Å². The summed E-state index contributed by atoms with van der Waals surface area (Å²) in [5, 5.41) is 3.33. The van der Waals surface area contributed by atoms with Crippen LogP contribution in [0.4, 0.5) is 5.95 Å². The third kappa shape index (κ3) is 3.33. The lowest BCUT2D eigenvalue weighted by Gasteiger charge is -2.09. The number of hydrogen-bond donors (Lipinski definition) is 1. The Kier molecular flexibility index (Phi) is 4.35. The summed E-state index contributed by atoms with van der Waals surface area (Å²) in [5.74, 6) is 0.893. The molecule has 0 unspecified atom stereocenters. The minimum Gasteiger partial charge on any atom is -0.383 e. The maximum absolute atomic E-state index is 5.08. The van der Waals surface area contributed by atoms with Crippen LogP contribution >= 0.6 is 0 Å². The van der Waals surface area contributed by atoms with Gasteiger partial charge < -0.3 is 19.2 Å². The van der Waals surface area contributed by atoms with Gasteiger partial charge in [0.1, 0.15) is 0 Å². The molecule has 0 saturated carbocycles. The lowest BCUT2D eigenvalue weighted by atomic mass is 10.5. The predicted molar refractivity (Wildman–Crippen MR) is 69.6 cm³/mol. The standard InChI is InChI=1S/C12H19N5O/c1-11-9-17(7-8-18-2)12(15-11)14-4-6-16-5-3-13-10-16/h3,5,9-10H,4,6-8H2,1-2H3,(H,14,15). The van der Waals surface area contributed by atoms with E-state index in [1.807, 2.05) is 30.2 Å². The van der Waals surface area contributed by atoms with Crippen LogP contribution in [0.15, 0.2) is 24.9 Å². The second-order valence-corrected chi connectivity index (χ2v) is 4.12. The van der Waals surface area contributed by atoms with Gasteiger partial charge >= 0.3 is 0 Å². The fourth-order valence-corrected chi connectivity index (χ4v) is 1.76. The van der Waals surface area contributed by atoms with Crippen molar-refractivity contribution in [1.82, 2.24) is 19.1 Å². The van der Waals surface area contributed by atoms with Crippen molar-refractivity contribution in [2.45, 2.75) is 20.0 Å². The molecule has 6 nitrogen and oxygen atoms in total. The first-order chi connectivity index (χ1) is 8.79. The summed E-state index contributed by atoms with van der Waals surface area (Å²) >= 11 is 0. The van der Waals surface area contributed by atoms with Crippen LogP contribution in [-0.2, 0) is 17.8 Å². The van der Waals surface area contributed by atoms with Crippen molar-refractivity contribution in [2.24, 2.45) is 0 Å². The van der Waals surface area contributed by atoms with Gasteiger partial charge in [-0.15, -0.1) is 0 Å². The molecule has 0 aliphatic heterocycles. The minimum absolute atomic E-state index is 0.687. The number of nitrogens with one attached hydrogen (secondary N) is 1. The van der Waals surface area contributed by atoms with Gasteiger partial charge in [0, 0.05) is 45.3 Å². The van der Waals surface area contributed by atoms with Crippen LogP contribution in [-0.4, -0.2) is 39.4 Å². The molecule has 0 fully saturated rings. The highest BCUT2D eigenvalue weighted by Crippen LogP contribution is 2.08. The maximum atomic E-state index is 5.08. The molecule has 2 rings (SSSR count). The van der Waals surface area contributed by atoms with Crippen molar-refractivity contribution in [3.05, 3.63) is 30.6 Å². The quantitative estimate of drug-likeness (QED) is 0.799. The van der Waals surface area contributed by atoms with E-state index >= 15 is 0 Å². The van der Waals surface area contributed by atoms with Crippen LogP contribution in [0.1, 0.15) is 5.69 Å². The molecular formula is C12H19N5O. The molecule has 2 heterocycles. The normalized spacial score (nSPS) is 10.8. The Morgan fingerprint density at radius 1 is 1.39 bits per heavy atom. The molecule has 2 aromatic rings. The van der Waals surface area contributed by atoms with Crippen LogP contribution in [0, 0.1) is 6.92 Å². The van der Waals surface area contributed by atoms with Gasteiger partial charge in [-0.2, -0.15) is 0 Å². The minimum atomic E-state index is 0.687. The molecule has 6 heteroatoms. The fourth-order valence-electron chi connectivity index (χ4n) is 1.76. The van der Waals surface area contributed by atoms with E-state index in [9.17, 15) is 0 Å². The molecule has 0 aliphatic rings. The average Bonchev–Trinajstić information content (AvgIpc) is 2.97. The van der Waals surface area contributed by atoms with Gasteiger partial charge in [0.05, 0.1) is 18.6 Å². The van der Waals surface area contributed by atoms with Gasteiger partial charge in [-0.1, -0.05) is 0 Å². The van der Waals surface area contributed by atoms with Crippen LogP contribution in [0.2, 0.25) is 0 Å². The first-order valence-corrected chi connectivity index (χ1v) is 6.02. The van der Waals surface area contributed by atoms with Gasteiger partial charge in [-0.25, -0.2) is 9.97 Å². The Labute approximate surface area is 107 Å². The Balaban J connectivity index is 1.87. The van der Waals surface area contributed by atoms with Crippen LogP contribution in [0.25, 0.3) is 0 Å². The molecule has 0 bridgehead atoms. The van der Waals surface area contributed by atoms with Crippen LogP contribution in [0.5, 0.6) is 0 Å². The van der Waals surface area contributed by atoms with Gasteiger partial charge in [0.25, 0.3) is 0 Å². The molecule has 0 spiro atoms. The highest BCUT2D eigenvalue weighted by molar-refractivity contribution is 5.28. The van der Waals surface area contributed by atoms with E-state index in [1.165, 1.54) is 0 Å². The number of methoxy groups -OCH3 is 1. The van der Waals surface area contributed by atoms with Crippen LogP contribution in [0.3, 0.4) is 0 Å². The molecule has 0 aliphatic carbocycles. The first-order valence-electron chi connectivity index (χ1n) is 6.02. The molecule has 2 aromatic heterocycles. The van der Waals surface area contributed by atoms with E-state index in [0.717, 1.165) is 31.3 Å². The summed E-state index contributed by atoms with van der Waals surface area (Å²) < 4.78 is 9.19. The van der Waals surface area contributed by atoms with Crippen molar-refractivity contribution < 1.29 is 4.74 Å². The highest BCUT2D eigenvalue weighted by Gasteiger charge is 2.04. The number of imidazole rings is 2. The highest BCUT2D eigenvalue weighted by atomic mass is 16.5. The molecule has 0 saturated heterocycles. The zero-order valence-corrected chi connectivity index (χ0v) is 10.8. The molecule has 0 atom stereocenters. The Morgan fingerprint density at radius 3 is 3.00 bits per heavy atom. The molecule has 98 valence electrons. The largest absolute Gasteiger partial charge is 0.383 e. The summed E-state index contributed by atoms with van der Waals surface area (Å²) in [4.78, 5) is 8.46. The van der Waals surface area contributed by atoms with E-state index in [4.69, 9.17) is 4.74 Å². The molecule has 1 N–H and O–H groups in total. The number of anilines is 1. The zero-order valence-electron chi connectivity index (χ0n) is 10.8. The number of nitrogens with zero attached hydrogens (tertiary/aromatic N) is 4. The summed E-state index contributed by atoms with van der Waals surface area (Å²) in [6, 6.07) is 0. The van der Waals surface area contributed by atoms with Crippen molar-refractivity contribution in [3.8, 4) is 0 Å². The number of aromatic nitrogens is 4. The van der Waals surface area contributed by atoms with Crippen molar-refractivity contribution >= 4 is 5.95 Å². The van der Waals surface area contributed by atoms with Crippen molar-refractivity contribution in [2.75, 3.05) is 25.6 Å². The Bertz CT molecular complexity index is 463. The number of rotatable bonds is 7. The second-order valence-electron chi connectivity index (χ2n) is 4.12. The van der Waals surface area contributed by atoms with Crippen molar-refractivity contribution in [3.63, 3.8) is 0 Å². The topological polar surface area (TPSA) is 56.9 Å². The fraction of sp³-hybridized carbons (Fsp3) is 0.500. The van der Waals surface area contributed by atoms with E-state index < -0.39 is 0 Å². The SMILES string of the molecule is COCCn1cc(C)nc1NCCn1ccnc1. The van der Waals surface area contributed by atoms with Gasteiger partial charge in [-0.3, -0.25) is 0 Å². The monoisotopic (exact) mass is 249 g/mol. The molecular weight excluding hydrogens is 230 g/mol. The first kappa shape index (κ1) is 12.6. The number of aryl methyl sites for hydroxylation is 1. The maximum Gasteiger partial charge on any atom is 0.203 e. The molecule has 0 aromatic carbocycles. The van der Waals surface area contributed by atoms with E-state index in [-0.39, 0.29) is 0 Å². The van der Waals surface area contributed by atoms with Gasteiger partial charge in [0.2, 0.25) is 5.95 Å². The lowest BCUT2D eigenvalue weighted by molar-refractivity contribution is 0.187. The number of ether oxygens (including phenoxy) is 1. The smallest absolute Gasteiger partial charge is 0.203 e. The predicted octanol–water partition coefficient (Wildman–Crippen LogP) is 1.15. The summed E-state index contributed by atoms with van der Waals surface area (Å²) in [5.41, 5.74) is 1.01.